The summed E-state index contributed by atoms with van der Waals surface area (Å²) in [5.74, 6) is -3.48. The number of rotatable bonds is 18. The van der Waals surface area contributed by atoms with E-state index in [1.807, 2.05) is 30.3 Å². The fraction of sp³-hybridized carbons (Fsp3) is 0.469. The Morgan fingerprint density at radius 3 is 2.40 bits per heavy atom. The number of aliphatic hydroxyl groups is 4. The molecule has 47 heavy (non-hydrogen) atoms. The van der Waals surface area contributed by atoms with E-state index in [0.29, 0.717) is 11.1 Å². The van der Waals surface area contributed by atoms with E-state index in [-0.39, 0.29) is 45.2 Å². The van der Waals surface area contributed by atoms with Crippen molar-refractivity contribution in [2.75, 3.05) is 46.2 Å². The summed E-state index contributed by atoms with van der Waals surface area (Å²) in [6, 6.07) is 12.4. The molecule has 0 aliphatic carbocycles. The van der Waals surface area contributed by atoms with Crippen LogP contribution in [0.15, 0.2) is 48.5 Å². The number of carbonyl (C=O) groups is 3. The Bertz CT molecular complexity index is 1370. The molecule has 0 aromatic heterocycles. The van der Waals surface area contributed by atoms with E-state index in [1.165, 1.54) is 6.07 Å². The van der Waals surface area contributed by atoms with E-state index in [2.05, 4.69) is 16.6 Å². The molecule has 2 aromatic carbocycles. The fourth-order valence-electron chi connectivity index (χ4n) is 4.92. The summed E-state index contributed by atoms with van der Waals surface area (Å²) < 4.78 is 21.5. The summed E-state index contributed by atoms with van der Waals surface area (Å²) in [7, 11) is 0. The Hall–Kier alpha value is -4.11. The SMILES string of the molecule is C#CCOCCOCCO[C@]1(C(=O)O)C[C@H](O)[C@@H](NC(=O)CO)[C@H]([C@H](O)[C@H](O)CNC(=O)Cc2ccc(-c3ccccc3)c(O)c2)O1. The Balaban J connectivity index is 1.64. The van der Waals surface area contributed by atoms with Crippen LogP contribution in [0.25, 0.3) is 11.1 Å². The van der Waals surface area contributed by atoms with Gasteiger partial charge >= 0.3 is 5.97 Å². The number of benzene rings is 2. The highest BCUT2D eigenvalue weighted by Gasteiger charge is 2.55. The number of phenolic OH excluding ortho intramolecular Hbond substituents is 1. The smallest absolute Gasteiger partial charge is 0.364 e. The lowest BCUT2D eigenvalue weighted by Gasteiger charge is -2.46. The molecule has 1 fully saturated rings. The van der Waals surface area contributed by atoms with Crippen molar-refractivity contribution in [2.24, 2.45) is 0 Å². The van der Waals surface area contributed by atoms with Crippen LogP contribution in [-0.2, 0) is 39.8 Å². The maximum absolute atomic E-state index is 12.7. The molecule has 0 radical (unpaired) electrons. The van der Waals surface area contributed by atoms with Gasteiger partial charge in [0.25, 0.3) is 5.79 Å². The van der Waals surface area contributed by atoms with Gasteiger partial charge in [0.2, 0.25) is 11.8 Å². The molecule has 15 nitrogen and oxygen atoms in total. The van der Waals surface area contributed by atoms with Crippen LogP contribution in [0.2, 0.25) is 0 Å². The minimum Gasteiger partial charge on any atom is -0.507 e. The average molecular weight is 661 g/mol. The summed E-state index contributed by atoms with van der Waals surface area (Å²) in [6.07, 6.45) is -3.02. The normalized spacial score (nSPS) is 22.1. The van der Waals surface area contributed by atoms with Crippen molar-refractivity contribution in [3.8, 4) is 29.2 Å². The number of phenols is 1. The Morgan fingerprint density at radius 1 is 1.04 bits per heavy atom. The lowest BCUT2D eigenvalue weighted by Crippen LogP contribution is -2.68. The summed E-state index contributed by atoms with van der Waals surface area (Å²) in [4.78, 5) is 36.9. The van der Waals surface area contributed by atoms with E-state index >= 15 is 0 Å². The summed E-state index contributed by atoms with van der Waals surface area (Å²) in [5, 5.41) is 67.0. The monoisotopic (exact) mass is 660 g/mol. The van der Waals surface area contributed by atoms with E-state index < -0.39 is 73.6 Å². The van der Waals surface area contributed by atoms with Gasteiger partial charge in [-0.15, -0.1) is 6.42 Å². The number of carboxylic acid groups (broad SMARTS) is 1. The first-order chi connectivity index (χ1) is 22.5. The van der Waals surface area contributed by atoms with Crippen LogP contribution in [0.1, 0.15) is 12.0 Å². The quantitative estimate of drug-likeness (QED) is 0.0675. The molecule has 0 bridgehead atoms. The molecule has 256 valence electrons. The molecule has 1 aliphatic heterocycles. The highest BCUT2D eigenvalue weighted by molar-refractivity contribution is 5.80. The van der Waals surface area contributed by atoms with Gasteiger partial charge in [-0.25, -0.2) is 4.79 Å². The molecular formula is C32H40N2O13. The first-order valence-electron chi connectivity index (χ1n) is 14.7. The number of terminal acetylenes is 1. The minimum atomic E-state index is -2.52. The molecule has 6 atom stereocenters. The van der Waals surface area contributed by atoms with Gasteiger partial charge in [-0.3, -0.25) is 9.59 Å². The standard InChI is InChI=1S/C32H40N2O13/c1-2-10-44-11-12-45-13-14-46-32(31(42)43)17-24(37)28(34-27(40)19-35)30(47-32)29(41)25(38)18-33-26(39)16-20-8-9-22(23(36)15-20)21-6-4-3-5-7-21/h1,3-9,15,24-25,28-30,35-38,41H,10-14,16-19H2,(H,33,39)(H,34,40)(H,42,43)/t24-,25+,28+,29+,30+,32+/m0/s1. The van der Waals surface area contributed by atoms with Gasteiger partial charge in [-0.05, 0) is 17.2 Å². The maximum Gasteiger partial charge on any atom is 0.364 e. The third kappa shape index (κ3) is 10.7. The molecule has 15 heteroatoms. The van der Waals surface area contributed by atoms with Crippen LogP contribution in [0, 0.1) is 12.3 Å². The second-order valence-corrected chi connectivity index (χ2v) is 10.6. The maximum atomic E-state index is 12.7. The number of aromatic hydroxyl groups is 1. The lowest BCUT2D eigenvalue weighted by molar-refractivity contribution is -0.312. The summed E-state index contributed by atoms with van der Waals surface area (Å²) >= 11 is 0. The van der Waals surface area contributed by atoms with Crippen molar-refractivity contribution in [3.63, 3.8) is 0 Å². The van der Waals surface area contributed by atoms with Crippen molar-refractivity contribution in [1.29, 1.82) is 0 Å². The molecule has 3 rings (SSSR count). The number of nitrogens with one attached hydrogen (secondary N) is 2. The van der Waals surface area contributed by atoms with Crippen LogP contribution in [0.4, 0.5) is 0 Å². The molecule has 1 heterocycles. The van der Waals surface area contributed by atoms with Gasteiger partial charge in [0.1, 0.15) is 31.2 Å². The third-order valence-electron chi connectivity index (χ3n) is 7.24. The van der Waals surface area contributed by atoms with Crippen LogP contribution in [0.3, 0.4) is 0 Å². The number of hydrogen-bond donors (Lipinski definition) is 8. The van der Waals surface area contributed by atoms with Crippen molar-refractivity contribution in [1.82, 2.24) is 10.6 Å². The Morgan fingerprint density at radius 2 is 1.74 bits per heavy atom. The van der Waals surface area contributed by atoms with Crippen LogP contribution < -0.4 is 10.6 Å². The summed E-state index contributed by atoms with van der Waals surface area (Å²) in [5.41, 5.74) is 1.83. The highest BCUT2D eigenvalue weighted by Crippen LogP contribution is 2.34. The predicted molar refractivity (Wildman–Crippen MR) is 164 cm³/mol. The number of hydrogen-bond acceptors (Lipinski definition) is 12. The number of ether oxygens (including phenoxy) is 4. The Labute approximate surface area is 271 Å². The molecule has 2 amide bonds. The van der Waals surface area contributed by atoms with Gasteiger partial charge in [-0.2, -0.15) is 0 Å². The van der Waals surface area contributed by atoms with Crippen molar-refractivity contribution < 1.29 is 64.0 Å². The second-order valence-electron chi connectivity index (χ2n) is 10.6. The zero-order valence-corrected chi connectivity index (χ0v) is 25.5. The number of aliphatic carboxylic acids is 1. The second kappa shape index (κ2) is 18.3. The minimum absolute atomic E-state index is 0.0364. The van der Waals surface area contributed by atoms with Crippen LogP contribution in [0.5, 0.6) is 5.75 Å². The third-order valence-corrected chi connectivity index (χ3v) is 7.24. The highest BCUT2D eigenvalue weighted by atomic mass is 16.7. The zero-order valence-electron chi connectivity index (χ0n) is 25.5. The van der Waals surface area contributed by atoms with Crippen molar-refractivity contribution in [2.45, 2.75) is 49.1 Å². The average Bonchev–Trinajstić information content (AvgIpc) is 3.05. The fourth-order valence-corrected chi connectivity index (χ4v) is 4.92. The molecule has 0 spiro atoms. The van der Waals surface area contributed by atoms with Crippen LogP contribution >= 0.6 is 0 Å². The number of aliphatic hydroxyl groups excluding tert-OH is 4. The molecule has 8 N–H and O–H groups in total. The topological polar surface area (TPSA) is 234 Å². The van der Waals surface area contributed by atoms with Crippen LogP contribution in [-0.4, -0.2) is 131 Å². The van der Waals surface area contributed by atoms with Gasteiger partial charge in [0.05, 0.1) is 51.1 Å². The Kier molecular flexibility index (Phi) is 14.5. The van der Waals surface area contributed by atoms with Gasteiger partial charge in [0, 0.05) is 18.5 Å². The molecule has 0 unspecified atom stereocenters. The molecule has 2 aromatic rings. The molecular weight excluding hydrogens is 620 g/mol. The van der Waals surface area contributed by atoms with Gasteiger partial charge < -0.3 is 60.2 Å². The lowest BCUT2D eigenvalue weighted by atomic mass is 9.88. The van der Waals surface area contributed by atoms with E-state index in [1.54, 1.807) is 12.1 Å². The molecule has 1 aliphatic rings. The van der Waals surface area contributed by atoms with Gasteiger partial charge in [-0.1, -0.05) is 48.4 Å². The van der Waals surface area contributed by atoms with Gasteiger partial charge in [0.15, 0.2) is 0 Å². The van der Waals surface area contributed by atoms with E-state index in [9.17, 15) is 45.0 Å². The molecule has 1 saturated heterocycles. The first-order valence-corrected chi connectivity index (χ1v) is 14.7. The number of carboxylic acids is 1. The predicted octanol–water partition coefficient (Wildman–Crippen LogP) is -1.47. The first kappa shape index (κ1) is 37.3. The largest absolute Gasteiger partial charge is 0.507 e. The zero-order chi connectivity index (χ0) is 34.4. The number of amides is 2. The van der Waals surface area contributed by atoms with Crippen molar-refractivity contribution in [3.05, 3.63) is 54.1 Å². The number of carbonyl (C=O) groups excluding carboxylic acids is 2. The van der Waals surface area contributed by atoms with E-state index in [4.69, 9.17) is 25.4 Å². The molecule has 0 saturated carbocycles. The summed E-state index contributed by atoms with van der Waals surface area (Å²) in [6.45, 7) is -1.56. The van der Waals surface area contributed by atoms with Crippen molar-refractivity contribution >= 4 is 17.8 Å². The van der Waals surface area contributed by atoms with E-state index in [0.717, 1.165) is 5.56 Å².